The lowest BCUT2D eigenvalue weighted by molar-refractivity contribution is 0.560. The summed E-state index contributed by atoms with van der Waals surface area (Å²) in [5.41, 5.74) is 2.00. The molecule has 4 nitrogen and oxygen atoms in total. The predicted molar refractivity (Wildman–Crippen MR) is 83.5 cm³/mol. The Labute approximate surface area is 126 Å². The monoisotopic (exact) mass is 304 g/mol. The van der Waals surface area contributed by atoms with Crippen LogP contribution in [-0.4, -0.2) is 19.9 Å². The van der Waals surface area contributed by atoms with E-state index in [4.69, 9.17) is 0 Å². The number of pyridine rings is 1. The summed E-state index contributed by atoms with van der Waals surface area (Å²) in [7, 11) is -3.41. The molecule has 0 aliphatic carbocycles. The van der Waals surface area contributed by atoms with Gasteiger partial charge in [0.25, 0.3) is 0 Å². The van der Waals surface area contributed by atoms with Gasteiger partial charge in [-0.05, 0) is 35.7 Å². The van der Waals surface area contributed by atoms with Crippen LogP contribution < -0.4 is 4.72 Å². The predicted octanol–water partition coefficient (Wildman–Crippen LogP) is 2.61. The number of hydrogen-bond donors (Lipinski definition) is 1. The maximum atomic E-state index is 12.1. The molecule has 112 valence electrons. The number of nitrogens with one attached hydrogen (secondary N) is 1. The first-order chi connectivity index (χ1) is 9.97. The molecule has 0 spiro atoms. The molecule has 0 fully saturated rings. The first-order valence-electron chi connectivity index (χ1n) is 6.96. The zero-order valence-electron chi connectivity index (χ0n) is 12.3. The summed E-state index contributed by atoms with van der Waals surface area (Å²) >= 11 is 0. The molecule has 1 N–H and O–H groups in total. The summed E-state index contributed by atoms with van der Waals surface area (Å²) in [4.78, 5) is 4.56. The van der Waals surface area contributed by atoms with Gasteiger partial charge in [-0.1, -0.05) is 32.0 Å². The number of aromatic nitrogens is 1. The molecule has 0 radical (unpaired) electrons. The summed E-state index contributed by atoms with van der Waals surface area (Å²) in [6.07, 6.45) is 2.45. The van der Waals surface area contributed by atoms with Crippen molar-refractivity contribution in [1.29, 1.82) is 0 Å². The Kier molecular flexibility index (Phi) is 5.09. The SMILES string of the molecule is CC(C)CNS(=O)(=O)c1ccc(Cc2ccccn2)cc1. The van der Waals surface area contributed by atoms with Crippen LogP contribution in [-0.2, 0) is 16.4 Å². The van der Waals surface area contributed by atoms with E-state index in [1.54, 1.807) is 18.3 Å². The van der Waals surface area contributed by atoms with E-state index in [1.165, 1.54) is 0 Å². The Morgan fingerprint density at radius 3 is 2.38 bits per heavy atom. The first-order valence-corrected chi connectivity index (χ1v) is 8.44. The van der Waals surface area contributed by atoms with Gasteiger partial charge in [-0.15, -0.1) is 0 Å². The third-order valence-electron chi connectivity index (χ3n) is 3.03. The third-order valence-corrected chi connectivity index (χ3v) is 4.47. The van der Waals surface area contributed by atoms with Crippen LogP contribution in [0.2, 0.25) is 0 Å². The van der Waals surface area contributed by atoms with Crippen molar-refractivity contribution in [3.63, 3.8) is 0 Å². The van der Waals surface area contributed by atoms with Crippen LogP contribution in [0, 0.1) is 5.92 Å². The second kappa shape index (κ2) is 6.83. The molecule has 0 atom stereocenters. The summed E-state index contributed by atoms with van der Waals surface area (Å²) in [5.74, 6) is 0.281. The average molecular weight is 304 g/mol. The average Bonchev–Trinajstić information content (AvgIpc) is 2.47. The van der Waals surface area contributed by atoms with Crippen molar-refractivity contribution in [3.8, 4) is 0 Å². The Hall–Kier alpha value is -1.72. The Bertz CT molecular complexity index is 665. The van der Waals surface area contributed by atoms with Gasteiger partial charge in [0.05, 0.1) is 4.90 Å². The molecule has 0 saturated carbocycles. The molecule has 2 rings (SSSR count). The molecule has 5 heteroatoms. The molecule has 0 bridgehead atoms. The van der Waals surface area contributed by atoms with E-state index in [1.807, 2.05) is 44.2 Å². The van der Waals surface area contributed by atoms with E-state index >= 15 is 0 Å². The topological polar surface area (TPSA) is 59.1 Å². The molecule has 1 heterocycles. The quantitative estimate of drug-likeness (QED) is 0.892. The molecule has 0 unspecified atom stereocenters. The number of rotatable bonds is 6. The number of hydrogen-bond acceptors (Lipinski definition) is 3. The van der Waals surface area contributed by atoms with Gasteiger partial charge in [-0.3, -0.25) is 4.98 Å². The first kappa shape index (κ1) is 15.7. The molecule has 0 aliphatic rings. The maximum absolute atomic E-state index is 12.1. The Morgan fingerprint density at radius 1 is 1.10 bits per heavy atom. The van der Waals surface area contributed by atoms with E-state index < -0.39 is 10.0 Å². The van der Waals surface area contributed by atoms with Crippen LogP contribution in [0.3, 0.4) is 0 Å². The van der Waals surface area contributed by atoms with Crippen LogP contribution >= 0.6 is 0 Å². The molecule has 21 heavy (non-hydrogen) atoms. The normalized spacial score (nSPS) is 11.8. The van der Waals surface area contributed by atoms with E-state index in [9.17, 15) is 8.42 Å². The minimum atomic E-state index is -3.41. The van der Waals surface area contributed by atoms with E-state index in [0.29, 0.717) is 17.9 Å². The van der Waals surface area contributed by atoms with E-state index in [0.717, 1.165) is 11.3 Å². The summed E-state index contributed by atoms with van der Waals surface area (Å²) in [5, 5.41) is 0. The number of benzene rings is 1. The van der Waals surface area contributed by atoms with Crippen molar-refractivity contribution in [2.75, 3.05) is 6.54 Å². The van der Waals surface area contributed by atoms with Crippen molar-refractivity contribution in [1.82, 2.24) is 9.71 Å². The fourth-order valence-electron chi connectivity index (χ4n) is 1.86. The largest absolute Gasteiger partial charge is 0.261 e. The lowest BCUT2D eigenvalue weighted by Gasteiger charge is -2.09. The van der Waals surface area contributed by atoms with Gasteiger partial charge in [0, 0.05) is 24.9 Å². The molecule has 0 aliphatic heterocycles. The zero-order valence-corrected chi connectivity index (χ0v) is 13.1. The van der Waals surface area contributed by atoms with Gasteiger partial charge in [-0.25, -0.2) is 13.1 Å². The highest BCUT2D eigenvalue weighted by atomic mass is 32.2. The number of sulfonamides is 1. The van der Waals surface area contributed by atoms with Gasteiger partial charge < -0.3 is 0 Å². The van der Waals surface area contributed by atoms with Crippen molar-refractivity contribution in [2.24, 2.45) is 5.92 Å². The van der Waals surface area contributed by atoms with Crippen molar-refractivity contribution in [3.05, 3.63) is 59.9 Å². The van der Waals surface area contributed by atoms with Crippen LogP contribution in [0.15, 0.2) is 53.6 Å². The van der Waals surface area contributed by atoms with Gasteiger partial charge in [0.1, 0.15) is 0 Å². The van der Waals surface area contributed by atoms with Gasteiger partial charge in [0.15, 0.2) is 0 Å². The van der Waals surface area contributed by atoms with Gasteiger partial charge in [-0.2, -0.15) is 0 Å². The van der Waals surface area contributed by atoms with E-state index in [-0.39, 0.29) is 5.92 Å². The second-order valence-corrected chi connectivity index (χ2v) is 7.15. The van der Waals surface area contributed by atoms with Gasteiger partial charge in [0.2, 0.25) is 10.0 Å². The molecule has 0 saturated heterocycles. The number of nitrogens with zero attached hydrogens (tertiary/aromatic N) is 1. The smallest absolute Gasteiger partial charge is 0.240 e. The van der Waals surface area contributed by atoms with Crippen LogP contribution in [0.1, 0.15) is 25.1 Å². The molecule has 1 aromatic carbocycles. The summed E-state index contributed by atoms with van der Waals surface area (Å²) < 4.78 is 26.8. The highest BCUT2D eigenvalue weighted by molar-refractivity contribution is 7.89. The van der Waals surface area contributed by atoms with Gasteiger partial charge >= 0.3 is 0 Å². The standard InChI is InChI=1S/C16H20N2O2S/c1-13(2)12-18-21(19,20)16-8-6-14(7-9-16)11-15-5-3-4-10-17-15/h3-10,13,18H,11-12H2,1-2H3. The minimum Gasteiger partial charge on any atom is -0.261 e. The third kappa shape index (κ3) is 4.65. The van der Waals surface area contributed by atoms with Crippen LogP contribution in [0.4, 0.5) is 0 Å². The van der Waals surface area contributed by atoms with E-state index in [2.05, 4.69) is 9.71 Å². The minimum absolute atomic E-state index is 0.281. The second-order valence-electron chi connectivity index (χ2n) is 5.39. The fraction of sp³-hybridized carbons (Fsp3) is 0.312. The molecular formula is C16H20N2O2S. The van der Waals surface area contributed by atoms with Crippen LogP contribution in [0.25, 0.3) is 0 Å². The Balaban J connectivity index is 2.08. The van der Waals surface area contributed by atoms with Crippen molar-refractivity contribution < 1.29 is 8.42 Å². The summed E-state index contributed by atoms with van der Waals surface area (Å²) in [6, 6.07) is 12.7. The van der Waals surface area contributed by atoms with Crippen molar-refractivity contribution >= 4 is 10.0 Å². The highest BCUT2D eigenvalue weighted by Crippen LogP contribution is 2.13. The zero-order chi connectivity index (χ0) is 15.3. The molecule has 2 aromatic rings. The maximum Gasteiger partial charge on any atom is 0.240 e. The van der Waals surface area contributed by atoms with Crippen molar-refractivity contribution in [2.45, 2.75) is 25.2 Å². The highest BCUT2D eigenvalue weighted by Gasteiger charge is 2.13. The lowest BCUT2D eigenvalue weighted by Crippen LogP contribution is -2.27. The molecule has 0 amide bonds. The Morgan fingerprint density at radius 2 is 1.81 bits per heavy atom. The lowest BCUT2D eigenvalue weighted by atomic mass is 10.1. The molecular weight excluding hydrogens is 284 g/mol. The van der Waals surface area contributed by atoms with Crippen LogP contribution in [0.5, 0.6) is 0 Å². The fourth-order valence-corrected chi connectivity index (χ4v) is 3.07. The molecule has 1 aromatic heterocycles. The summed E-state index contributed by atoms with van der Waals surface area (Å²) in [6.45, 7) is 4.38.